The molecule has 2 aromatic heterocycles. The number of thiazole rings is 1. The zero-order chi connectivity index (χ0) is 15.6. The summed E-state index contributed by atoms with van der Waals surface area (Å²) in [6.45, 7) is 3.21. The minimum Gasteiger partial charge on any atom is -0.271 e. The molecule has 1 amide bonds. The molecule has 0 unspecified atom stereocenters. The number of aromatic nitrogens is 3. The Hall–Kier alpha value is -2.00. The number of carbonyl (C=O) groups excluding carboxylic acids is 1. The summed E-state index contributed by atoms with van der Waals surface area (Å²) in [6, 6.07) is 0. The van der Waals surface area contributed by atoms with E-state index in [9.17, 15) is 13.2 Å². The zero-order valence-electron chi connectivity index (χ0n) is 11.7. The number of nitrogens with one attached hydrogen (secondary N) is 1. The Morgan fingerprint density at radius 2 is 2.14 bits per heavy atom. The normalized spacial score (nSPS) is 12.0. The fourth-order valence-electron chi connectivity index (χ4n) is 1.82. The Bertz CT molecular complexity index is 789. The minimum atomic E-state index is -3.94. The zero-order valence-corrected chi connectivity index (χ0v) is 13.3. The lowest BCUT2D eigenvalue weighted by Crippen LogP contribution is -2.29. The molecule has 0 atom stereocenters. The molecular formula is C12H14N4O3S2. The number of carbonyl (C=O) groups is 1. The summed E-state index contributed by atoms with van der Waals surface area (Å²) >= 11 is 1.35. The summed E-state index contributed by atoms with van der Waals surface area (Å²) in [7, 11) is -2.30. The first kappa shape index (κ1) is 15.4. The van der Waals surface area contributed by atoms with Crippen LogP contribution >= 0.6 is 11.3 Å². The van der Waals surface area contributed by atoms with E-state index in [0.29, 0.717) is 16.4 Å². The molecule has 0 aliphatic heterocycles. The van der Waals surface area contributed by atoms with E-state index >= 15 is 0 Å². The van der Waals surface area contributed by atoms with Crippen LogP contribution in [0, 0.1) is 13.8 Å². The lowest BCUT2D eigenvalue weighted by atomic mass is 10.4. The summed E-state index contributed by atoms with van der Waals surface area (Å²) in [6.07, 6.45) is 4.19. The number of rotatable bonds is 4. The van der Waals surface area contributed by atoms with Crippen molar-refractivity contribution >= 4 is 33.3 Å². The quantitative estimate of drug-likeness (QED) is 0.846. The molecule has 1 N–H and O–H groups in total. The van der Waals surface area contributed by atoms with Gasteiger partial charge in [0.2, 0.25) is 0 Å². The van der Waals surface area contributed by atoms with Gasteiger partial charge in [0, 0.05) is 24.7 Å². The Kier molecular flexibility index (Phi) is 4.24. The maximum absolute atomic E-state index is 12.2. The van der Waals surface area contributed by atoms with Crippen LogP contribution < -0.4 is 4.72 Å². The summed E-state index contributed by atoms with van der Waals surface area (Å²) in [4.78, 5) is 15.7. The van der Waals surface area contributed by atoms with Crippen molar-refractivity contribution in [2.24, 2.45) is 7.05 Å². The van der Waals surface area contributed by atoms with Gasteiger partial charge in [-0.1, -0.05) is 0 Å². The van der Waals surface area contributed by atoms with Crippen molar-refractivity contribution in [1.82, 2.24) is 19.5 Å². The maximum atomic E-state index is 12.2. The van der Waals surface area contributed by atoms with Crippen molar-refractivity contribution in [3.8, 4) is 0 Å². The van der Waals surface area contributed by atoms with Gasteiger partial charge in [0.25, 0.3) is 15.9 Å². The molecule has 0 radical (unpaired) electrons. The summed E-state index contributed by atoms with van der Waals surface area (Å²) in [5.74, 6) is -0.729. The van der Waals surface area contributed by atoms with E-state index in [-0.39, 0.29) is 4.90 Å². The van der Waals surface area contributed by atoms with Crippen LogP contribution in [0.1, 0.15) is 16.4 Å². The molecular weight excluding hydrogens is 312 g/mol. The molecule has 0 bridgehead atoms. The van der Waals surface area contributed by atoms with Crippen molar-refractivity contribution in [3.63, 3.8) is 0 Å². The van der Waals surface area contributed by atoms with Crippen LogP contribution in [0.3, 0.4) is 0 Å². The number of hydrogen-bond acceptors (Lipinski definition) is 6. The number of amides is 1. The SMILES string of the molecule is Cc1nn(C)c(C)c1S(=O)(=O)NC(=O)C=Cc1nccs1. The summed E-state index contributed by atoms with van der Waals surface area (Å²) in [5, 5.41) is 6.41. The topological polar surface area (TPSA) is 94.0 Å². The Morgan fingerprint density at radius 3 is 2.67 bits per heavy atom. The second-order valence-corrected chi connectivity index (χ2v) is 6.84. The van der Waals surface area contributed by atoms with Gasteiger partial charge in [0.05, 0.1) is 11.4 Å². The highest BCUT2D eigenvalue weighted by Crippen LogP contribution is 2.18. The lowest BCUT2D eigenvalue weighted by Gasteiger charge is -2.05. The van der Waals surface area contributed by atoms with Crippen molar-refractivity contribution in [2.45, 2.75) is 18.7 Å². The van der Waals surface area contributed by atoms with Crippen LogP contribution in [0.5, 0.6) is 0 Å². The fraction of sp³-hybridized carbons (Fsp3) is 0.250. The average molecular weight is 326 g/mol. The van der Waals surface area contributed by atoms with Crippen LogP contribution in [-0.4, -0.2) is 29.1 Å². The number of aryl methyl sites for hydroxylation is 2. The van der Waals surface area contributed by atoms with Gasteiger partial charge in [-0.25, -0.2) is 18.1 Å². The molecule has 2 aromatic rings. The highest BCUT2D eigenvalue weighted by molar-refractivity contribution is 7.90. The largest absolute Gasteiger partial charge is 0.271 e. The van der Waals surface area contributed by atoms with Gasteiger partial charge in [-0.2, -0.15) is 5.10 Å². The lowest BCUT2D eigenvalue weighted by molar-refractivity contribution is -0.114. The van der Waals surface area contributed by atoms with Crippen LogP contribution in [0.15, 0.2) is 22.5 Å². The molecule has 0 aromatic carbocycles. The van der Waals surface area contributed by atoms with Gasteiger partial charge in [-0.15, -0.1) is 11.3 Å². The van der Waals surface area contributed by atoms with Gasteiger partial charge in [-0.05, 0) is 19.9 Å². The standard InChI is InChI=1S/C12H14N4O3S2/c1-8-12(9(2)16(3)14-8)21(18,19)15-10(17)4-5-11-13-6-7-20-11/h4-7H,1-3H3,(H,15,17). The van der Waals surface area contributed by atoms with E-state index < -0.39 is 15.9 Å². The van der Waals surface area contributed by atoms with E-state index in [0.717, 1.165) is 6.08 Å². The van der Waals surface area contributed by atoms with Gasteiger partial charge < -0.3 is 0 Å². The number of sulfonamides is 1. The second-order valence-electron chi connectivity index (χ2n) is 4.30. The summed E-state index contributed by atoms with van der Waals surface area (Å²) in [5.41, 5.74) is 0.816. The average Bonchev–Trinajstić information content (AvgIpc) is 2.96. The third-order valence-corrected chi connectivity index (χ3v) is 5.11. The van der Waals surface area contributed by atoms with Gasteiger partial charge in [0.15, 0.2) is 0 Å². The van der Waals surface area contributed by atoms with E-state index in [1.165, 1.54) is 22.1 Å². The Balaban J connectivity index is 2.20. The highest BCUT2D eigenvalue weighted by Gasteiger charge is 2.24. The fourth-order valence-corrected chi connectivity index (χ4v) is 3.74. The highest BCUT2D eigenvalue weighted by atomic mass is 32.2. The molecule has 112 valence electrons. The van der Waals surface area contributed by atoms with E-state index in [1.54, 1.807) is 32.5 Å². The van der Waals surface area contributed by atoms with Gasteiger partial charge in [0.1, 0.15) is 9.90 Å². The first-order chi connectivity index (χ1) is 9.81. The predicted molar refractivity (Wildman–Crippen MR) is 79.2 cm³/mol. The molecule has 9 heteroatoms. The molecule has 0 saturated carbocycles. The molecule has 0 aliphatic rings. The van der Waals surface area contributed by atoms with Crippen molar-refractivity contribution in [3.05, 3.63) is 34.0 Å². The van der Waals surface area contributed by atoms with E-state index in [4.69, 9.17) is 0 Å². The van der Waals surface area contributed by atoms with E-state index in [2.05, 4.69) is 10.1 Å². The van der Waals surface area contributed by atoms with Crippen LogP contribution in [-0.2, 0) is 21.9 Å². The molecule has 7 nitrogen and oxygen atoms in total. The number of nitrogens with zero attached hydrogens (tertiary/aromatic N) is 3. The maximum Gasteiger partial charge on any atom is 0.267 e. The van der Waals surface area contributed by atoms with Crippen molar-refractivity contribution in [2.75, 3.05) is 0 Å². The minimum absolute atomic E-state index is 0.0287. The van der Waals surface area contributed by atoms with Crippen LogP contribution in [0.4, 0.5) is 0 Å². The molecule has 0 fully saturated rings. The van der Waals surface area contributed by atoms with Crippen LogP contribution in [0.25, 0.3) is 6.08 Å². The first-order valence-corrected chi connectivity index (χ1v) is 8.32. The Morgan fingerprint density at radius 1 is 1.43 bits per heavy atom. The van der Waals surface area contributed by atoms with Crippen molar-refractivity contribution < 1.29 is 13.2 Å². The summed E-state index contributed by atoms with van der Waals surface area (Å²) < 4.78 is 27.9. The molecule has 0 spiro atoms. The smallest absolute Gasteiger partial charge is 0.267 e. The molecule has 21 heavy (non-hydrogen) atoms. The first-order valence-electron chi connectivity index (χ1n) is 5.96. The third kappa shape index (κ3) is 3.37. The van der Waals surface area contributed by atoms with Crippen molar-refractivity contribution in [1.29, 1.82) is 0 Å². The molecule has 0 saturated heterocycles. The second kappa shape index (κ2) is 5.78. The monoisotopic (exact) mass is 326 g/mol. The van der Waals surface area contributed by atoms with Gasteiger partial charge in [-0.3, -0.25) is 9.48 Å². The molecule has 0 aliphatic carbocycles. The van der Waals surface area contributed by atoms with Crippen LogP contribution in [0.2, 0.25) is 0 Å². The number of hydrogen-bond donors (Lipinski definition) is 1. The van der Waals surface area contributed by atoms with Gasteiger partial charge >= 0.3 is 0 Å². The third-order valence-electron chi connectivity index (χ3n) is 2.78. The predicted octanol–water partition coefficient (Wildman–Crippen LogP) is 1.01. The molecule has 2 rings (SSSR count). The Labute approximate surface area is 126 Å². The van der Waals surface area contributed by atoms with E-state index in [1.807, 2.05) is 4.72 Å². The molecule has 2 heterocycles.